The van der Waals surface area contributed by atoms with Crippen LogP contribution in [0.1, 0.15) is 38.5 Å². The highest BCUT2D eigenvalue weighted by Gasteiger charge is 2.24. The van der Waals surface area contributed by atoms with Crippen molar-refractivity contribution in [3.8, 4) is 0 Å². The fourth-order valence-corrected chi connectivity index (χ4v) is 2.33. The van der Waals surface area contributed by atoms with Gasteiger partial charge in [-0.15, -0.1) is 0 Å². The molecular formula is C12H20O3. The number of carbonyl (C=O) groups excluding carboxylic acids is 1. The predicted molar refractivity (Wildman–Crippen MR) is 56.8 cm³/mol. The highest BCUT2D eigenvalue weighted by Crippen LogP contribution is 2.20. The smallest absolute Gasteiger partial charge is 0.138 e. The summed E-state index contributed by atoms with van der Waals surface area (Å²) in [6.07, 6.45) is 6.42. The third-order valence-corrected chi connectivity index (χ3v) is 3.37. The van der Waals surface area contributed by atoms with Gasteiger partial charge in [0.15, 0.2) is 0 Å². The summed E-state index contributed by atoms with van der Waals surface area (Å²) in [5, 5.41) is 0. The zero-order valence-corrected chi connectivity index (χ0v) is 9.24. The summed E-state index contributed by atoms with van der Waals surface area (Å²) in [6.45, 7) is 2.28. The second-order valence-corrected chi connectivity index (χ2v) is 4.55. The molecule has 2 unspecified atom stereocenters. The van der Waals surface area contributed by atoms with E-state index in [4.69, 9.17) is 9.47 Å². The number of carbonyl (C=O) groups is 1. The summed E-state index contributed by atoms with van der Waals surface area (Å²) in [5.74, 6) is 0.551. The molecule has 2 fully saturated rings. The van der Waals surface area contributed by atoms with Crippen LogP contribution in [-0.2, 0) is 14.3 Å². The lowest BCUT2D eigenvalue weighted by Crippen LogP contribution is -2.22. The lowest BCUT2D eigenvalue weighted by Gasteiger charge is -2.22. The van der Waals surface area contributed by atoms with Crippen LogP contribution in [0.3, 0.4) is 0 Å². The van der Waals surface area contributed by atoms with Crippen LogP contribution >= 0.6 is 0 Å². The number of rotatable bonds is 4. The molecule has 2 heterocycles. The average molecular weight is 212 g/mol. The number of hydrogen-bond acceptors (Lipinski definition) is 3. The first-order valence-electron chi connectivity index (χ1n) is 6.08. The Kier molecular flexibility index (Phi) is 4.15. The van der Waals surface area contributed by atoms with E-state index < -0.39 is 0 Å². The first kappa shape index (κ1) is 11.1. The van der Waals surface area contributed by atoms with Gasteiger partial charge in [0.05, 0.1) is 12.7 Å². The van der Waals surface area contributed by atoms with Crippen LogP contribution in [0.4, 0.5) is 0 Å². The molecule has 0 aromatic rings. The summed E-state index contributed by atoms with van der Waals surface area (Å²) in [7, 11) is 0. The van der Waals surface area contributed by atoms with E-state index in [9.17, 15) is 4.79 Å². The molecular weight excluding hydrogens is 192 g/mol. The van der Waals surface area contributed by atoms with Gasteiger partial charge in [0.25, 0.3) is 0 Å². The highest BCUT2D eigenvalue weighted by atomic mass is 16.5. The van der Waals surface area contributed by atoms with Gasteiger partial charge in [-0.05, 0) is 32.1 Å². The Morgan fingerprint density at radius 2 is 2.13 bits per heavy atom. The van der Waals surface area contributed by atoms with Crippen molar-refractivity contribution in [1.82, 2.24) is 0 Å². The minimum absolute atomic E-state index is 0.175. The fourth-order valence-electron chi connectivity index (χ4n) is 2.33. The van der Waals surface area contributed by atoms with Crippen molar-refractivity contribution >= 4 is 5.78 Å². The molecule has 86 valence electrons. The number of Topliss-reactive ketones (excluding diaryl/α,β-unsaturated/α-hetero) is 1. The monoisotopic (exact) mass is 212 g/mol. The van der Waals surface area contributed by atoms with E-state index in [-0.39, 0.29) is 5.92 Å². The Balaban J connectivity index is 1.65. The first-order chi connectivity index (χ1) is 7.36. The van der Waals surface area contributed by atoms with Crippen LogP contribution in [0.5, 0.6) is 0 Å². The number of ketones is 1. The summed E-state index contributed by atoms with van der Waals surface area (Å²) in [4.78, 5) is 11.8. The predicted octanol–water partition coefficient (Wildman–Crippen LogP) is 1.94. The zero-order valence-electron chi connectivity index (χ0n) is 9.24. The Bertz CT molecular complexity index is 203. The third-order valence-electron chi connectivity index (χ3n) is 3.37. The van der Waals surface area contributed by atoms with E-state index in [0.717, 1.165) is 32.5 Å². The van der Waals surface area contributed by atoms with Crippen molar-refractivity contribution in [2.24, 2.45) is 5.92 Å². The van der Waals surface area contributed by atoms with E-state index in [0.29, 0.717) is 24.9 Å². The van der Waals surface area contributed by atoms with Crippen molar-refractivity contribution < 1.29 is 14.3 Å². The molecule has 0 aliphatic carbocycles. The van der Waals surface area contributed by atoms with Gasteiger partial charge in [-0.25, -0.2) is 0 Å². The summed E-state index contributed by atoms with van der Waals surface area (Å²) in [6, 6.07) is 0. The second-order valence-electron chi connectivity index (χ2n) is 4.55. The molecule has 15 heavy (non-hydrogen) atoms. The van der Waals surface area contributed by atoms with Crippen LogP contribution in [0, 0.1) is 5.92 Å². The van der Waals surface area contributed by atoms with E-state index in [2.05, 4.69) is 0 Å². The van der Waals surface area contributed by atoms with Gasteiger partial charge in [-0.2, -0.15) is 0 Å². The van der Waals surface area contributed by atoms with Gasteiger partial charge in [0, 0.05) is 25.6 Å². The van der Waals surface area contributed by atoms with Crippen molar-refractivity contribution in [3.63, 3.8) is 0 Å². The molecule has 0 bridgehead atoms. The molecule has 3 nitrogen and oxygen atoms in total. The molecule has 3 heteroatoms. The fraction of sp³-hybridized carbons (Fsp3) is 0.917. The maximum absolute atomic E-state index is 11.8. The standard InChI is InChI=1S/C12H20O3/c13-12(10-6-8-14-9-10)5-4-11-3-1-2-7-15-11/h10-11H,1-9H2. The van der Waals surface area contributed by atoms with Crippen LogP contribution in [0.25, 0.3) is 0 Å². The van der Waals surface area contributed by atoms with Gasteiger partial charge in [0.1, 0.15) is 5.78 Å². The molecule has 0 amide bonds. The minimum Gasteiger partial charge on any atom is -0.381 e. The van der Waals surface area contributed by atoms with Gasteiger partial charge in [-0.3, -0.25) is 4.79 Å². The average Bonchev–Trinajstić information content (AvgIpc) is 2.81. The lowest BCUT2D eigenvalue weighted by molar-refractivity contribution is -0.123. The maximum Gasteiger partial charge on any atom is 0.138 e. The maximum atomic E-state index is 11.8. The van der Waals surface area contributed by atoms with Crippen LogP contribution in [0.2, 0.25) is 0 Å². The van der Waals surface area contributed by atoms with E-state index in [1.54, 1.807) is 0 Å². The molecule has 0 saturated carbocycles. The van der Waals surface area contributed by atoms with Gasteiger partial charge in [-0.1, -0.05) is 0 Å². The SMILES string of the molecule is O=C(CCC1CCCCO1)C1CCOC1. The van der Waals surface area contributed by atoms with Gasteiger partial charge >= 0.3 is 0 Å². The lowest BCUT2D eigenvalue weighted by atomic mass is 9.96. The molecule has 0 radical (unpaired) electrons. The summed E-state index contributed by atoms with van der Waals surface area (Å²) >= 11 is 0. The molecule has 0 aromatic heterocycles. The summed E-state index contributed by atoms with van der Waals surface area (Å²) in [5.41, 5.74) is 0. The molecule has 2 saturated heterocycles. The van der Waals surface area contributed by atoms with Crippen molar-refractivity contribution in [1.29, 1.82) is 0 Å². The van der Waals surface area contributed by atoms with E-state index >= 15 is 0 Å². The molecule has 2 atom stereocenters. The van der Waals surface area contributed by atoms with Crippen molar-refractivity contribution in [2.45, 2.75) is 44.6 Å². The molecule has 0 spiro atoms. The first-order valence-corrected chi connectivity index (χ1v) is 6.08. The topological polar surface area (TPSA) is 35.5 Å². The van der Waals surface area contributed by atoms with Gasteiger partial charge in [0.2, 0.25) is 0 Å². The summed E-state index contributed by atoms with van der Waals surface area (Å²) < 4.78 is 10.8. The van der Waals surface area contributed by atoms with E-state index in [1.165, 1.54) is 12.8 Å². The molecule has 2 aliphatic rings. The minimum atomic E-state index is 0.175. The molecule has 2 aliphatic heterocycles. The van der Waals surface area contributed by atoms with Crippen molar-refractivity contribution in [2.75, 3.05) is 19.8 Å². The quantitative estimate of drug-likeness (QED) is 0.714. The highest BCUT2D eigenvalue weighted by molar-refractivity contribution is 5.81. The van der Waals surface area contributed by atoms with Crippen LogP contribution in [0.15, 0.2) is 0 Å². The number of ether oxygens (including phenoxy) is 2. The van der Waals surface area contributed by atoms with E-state index in [1.807, 2.05) is 0 Å². The Morgan fingerprint density at radius 1 is 1.20 bits per heavy atom. The largest absolute Gasteiger partial charge is 0.381 e. The molecule has 2 rings (SSSR count). The van der Waals surface area contributed by atoms with Crippen LogP contribution < -0.4 is 0 Å². The Labute approximate surface area is 91.1 Å². The second kappa shape index (κ2) is 5.61. The Hall–Kier alpha value is -0.410. The zero-order chi connectivity index (χ0) is 10.5. The molecule has 0 N–H and O–H groups in total. The van der Waals surface area contributed by atoms with Gasteiger partial charge < -0.3 is 9.47 Å². The molecule has 0 aromatic carbocycles. The van der Waals surface area contributed by atoms with Crippen molar-refractivity contribution in [3.05, 3.63) is 0 Å². The number of hydrogen-bond donors (Lipinski definition) is 0. The Morgan fingerprint density at radius 3 is 2.80 bits per heavy atom. The van der Waals surface area contributed by atoms with Crippen LogP contribution in [-0.4, -0.2) is 31.7 Å². The third kappa shape index (κ3) is 3.28. The normalized spacial score (nSPS) is 31.7.